The summed E-state index contributed by atoms with van der Waals surface area (Å²) in [5.41, 5.74) is 0.360. The maximum atomic E-state index is 11.1. The van der Waals surface area contributed by atoms with Gasteiger partial charge in [0.25, 0.3) is 5.91 Å². The SMILES string of the molecule is O=C(Cc1cc(Cl)c(Cl)c(Cl)c1Cl)N=NO. The topological polar surface area (TPSA) is 62.0 Å². The summed E-state index contributed by atoms with van der Waals surface area (Å²) in [4.78, 5) is 11.1. The summed E-state index contributed by atoms with van der Waals surface area (Å²) >= 11 is 23.1. The minimum atomic E-state index is -0.682. The van der Waals surface area contributed by atoms with Crippen LogP contribution >= 0.6 is 46.4 Å². The van der Waals surface area contributed by atoms with Crippen LogP contribution in [-0.2, 0) is 11.2 Å². The first-order valence-corrected chi connectivity index (χ1v) is 5.38. The van der Waals surface area contributed by atoms with E-state index in [2.05, 4.69) is 10.4 Å². The summed E-state index contributed by atoms with van der Waals surface area (Å²) in [5.74, 6) is -0.682. The minimum Gasteiger partial charge on any atom is -0.394 e. The van der Waals surface area contributed by atoms with E-state index >= 15 is 0 Å². The lowest BCUT2D eigenvalue weighted by Gasteiger charge is -2.06. The Morgan fingerprint density at radius 1 is 1.19 bits per heavy atom. The first-order chi connectivity index (χ1) is 7.47. The maximum absolute atomic E-state index is 11.1. The van der Waals surface area contributed by atoms with Crippen LogP contribution in [0, 0.1) is 0 Å². The van der Waals surface area contributed by atoms with Crippen molar-refractivity contribution in [3.05, 3.63) is 31.7 Å². The van der Waals surface area contributed by atoms with Crippen molar-refractivity contribution in [3.8, 4) is 0 Å². The van der Waals surface area contributed by atoms with Gasteiger partial charge in [0.05, 0.1) is 26.5 Å². The number of carbonyl (C=O) groups is 1. The number of carbonyl (C=O) groups excluding carboxylic acids is 1. The van der Waals surface area contributed by atoms with Crippen molar-refractivity contribution >= 4 is 52.3 Å². The van der Waals surface area contributed by atoms with Crippen molar-refractivity contribution in [1.29, 1.82) is 0 Å². The summed E-state index contributed by atoms with van der Waals surface area (Å²) < 4.78 is 0. The van der Waals surface area contributed by atoms with E-state index in [-0.39, 0.29) is 26.5 Å². The number of hydrogen-bond acceptors (Lipinski definition) is 2. The molecule has 0 aromatic heterocycles. The van der Waals surface area contributed by atoms with Crippen LogP contribution in [0.25, 0.3) is 0 Å². The predicted molar refractivity (Wildman–Crippen MR) is 61.8 cm³/mol. The van der Waals surface area contributed by atoms with Crippen molar-refractivity contribution < 1.29 is 10.0 Å². The first kappa shape index (κ1) is 13.5. The van der Waals surface area contributed by atoms with Crippen LogP contribution in [0.1, 0.15) is 5.56 Å². The molecule has 0 bridgehead atoms. The van der Waals surface area contributed by atoms with Gasteiger partial charge in [-0.1, -0.05) is 51.5 Å². The Kier molecular flexibility index (Phi) is 4.80. The Morgan fingerprint density at radius 2 is 1.81 bits per heavy atom. The Labute approximate surface area is 111 Å². The number of rotatable bonds is 2. The molecular formula is C8H4Cl4N2O2. The molecule has 0 aliphatic rings. The van der Waals surface area contributed by atoms with E-state index in [1.54, 1.807) is 0 Å². The molecule has 1 N–H and O–H groups in total. The molecule has 0 saturated heterocycles. The van der Waals surface area contributed by atoms with Crippen molar-refractivity contribution in [2.24, 2.45) is 10.4 Å². The zero-order chi connectivity index (χ0) is 12.3. The van der Waals surface area contributed by atoms with E-state index in [4.69, 9.17) is 51.6 Å². The maximum Gasteiger partial charge on any atom is 0.272 e. The first-order valence-electron chi connectivity index (χ1n) is 3.87. The highest BCUT2D eigenvalue weighted by atomic mass is 35.5. The molecular weight excluding hydrogens is 298 g/mol. The Balaban J connectivity index is 3.11. The van der Waals surface area contributed by atoms with Crippen LogP contribution in [0.2, 0.25) is 20.1 Å². The Hall–Kier alpha value is -0.550. The van der Waals surface area contributed by atoms with Crippen LogP contribution in [0.15, 0.2) is 16.5 Å². The number of benzene rings is 1. The van der Waals surface area contributed by atoms with E-state index in [1.807, 2.05) is 0 Å². The standard InChI is InChI=1S/C8H4Cl4N2O2/c9-4-1-3(2-5(15)13-14-16)6(10)8(12)7(4)11/h1H,2H2,(H,13,15,16). The van der Waals surface area contributed by atoms with E-state index in [1.165, 1.54) is 6.07 Å². The van der Waals surface area contributed by atoms with Gasteiger partial charge in [-0.15, -0.1) is 0 Å². The van der Waals surface area contributed by atoms with Crippen LogP contribution in [0.3, 0.4) is 0 Å². The van der Waals surface area contributed by atoms with Gasteiger partial charge >= 0.3 is 0 Å². The molecule has 0 radical (unpaired) electrons. The molecule has 0 aliphatic carbocycles. The Morgan fingerprint density at radius 3 is 2.38 bits per heavy atom. The van der Waals surface area contributed by atoms with Crippen LogP contribution in [-0.4, -0.2) is 11.1 Å². The van der Waals surface area contributed by atoms with Gasteiger partial charge in [0.1, 0.15) is 0 Å². The molecule has 1 rings (SSSR count). The highest BCUT2D eigenvalue weighted by Crippen LogP contribution is 2.38. The van der Waals surface area contributed by atoms with Gasteiger partial charge in [0.2, 0.25) is 0 Å². The Bertz CT molecular complexity index is 462. The summed E-state index contributed by atoms with van der Waals surface area (Å²) in [6, 6.07) is 1.41. The molecule has 1 amide bonds. The zero-order valence-corrected chi connectivity index (χ0v) is 10.6. The molecule has 0 atom stereocenters. The normalized spacial score (nSPS) is 11.0. The third-order valence-corrected chi connectivity index (χ3v) is 3.47. The molecule has 0 heterocycles. The molecule has 0 saturated carbocycles. The van der Waals surface area contributed by atoms with Crippen molar-refractivity contribution in [3.63, 3.8) is 0 Å². The largest absolute Gasteiger partial charge is 0.394 e. The van der Waals surface area contributed by atoms with Crippen molar-refractivity contribution in [2.45, 2.75) is 6.42 Å². The van der Waals surface area contributed by atoms with E-state index in [0.29, 0.717) is 5.56 Å². The number of amides is 1. The van der Waals surface area contributed by atoms with E-state index in [9.17, 15) is 4.79 Å². The molecule has 86 valence electrons. The van der Waals surface area contributed by atoms with Gasteiger partial charge in [-0.05, 0) is 11.6 Å². The van der Waals surface area contributed by atoms with Gasteiger partial charge in [-0.25, -0.2) is 0 Å². The predicted octanol–water partition coefficient (Wildman–Crippen LogP) is 4.21. The quantitative estimate of drug-likeness (QED) is 0.385. The highest BCUT2D eigenvalue weighted by molar-refractivity contribution is 6.52. The lowest BCUT2D eigenvalue weighted by Crippen LogP contribution is -1.99. The second kappa shape index (κ2) is 5.68. The molecule has 4 nitrogen and oxygen atoms in total. The fourth-order valence-corrected chi connectivity index (χ4v) is 1.91. The zero-order valence-electron chi connectivity index (χ0n) is 7.55. The second-order valence-electron chi connectivity index (χ2n) is 2.72. The van der Waals surface area contributed by atoms with Crippen LogP contribution in [0.5, 0.6) is 0 Å². The molecule has 16 heavy (non-hydrogen) atoms. The smallest absolute Gasteiger partial charge is 0.272 e. The summed E-state index contributed by atoms with van der Waals surface area (Å²) in [7, 11) is 0. The number of hydrogen-bond donors (Lipinski definition) is 1. The van der Waals surface area contributed by atoms with Gasteiger partial charge in [-0.3, -0.25) is 4.79 Å². The molecule has 1 aromatic rings. The molecule has 0 spiro atoms. The van der Waals surface area contributed by atoms with Gasteiger partial charge in [0, 0.05) is 5.28 Å². The minimum absolute atomic E-state index is 0.0690. The fourth-order valence-electron chi connectivity index (χ4n) is 0.999. The third-order valence-electron chi connectivity index (χ3n) is 1.68. The number of nitrogens with zero attached hydrogens (tertiary/aromatic N) is 2. The van der Waals surface area contributed by atoms with Crippen LogP contribution in [0.4, 0.5) is 0 Å². The fraction of sp³-hybridized carbons (Fsp3) is 0.125. The van der Waals surface area contributed by atoms with Crippen molar-refractivity contribution in [2.75, 3.05) is 0 Å². The average Bonchev–Trinajstić information content (AvgIpc) is 2.23. The van der Waals surface area contributed by atoms with Gasteiger partial charge in [-0.2, -0.15) is 0 Å². The molecule has 1 aromatic carbocycles. The summed E-state index contributed by atoms with van der Waals surface area (Å²) in [6.45, 7) is 0. The summed E-state index contributed by atoms with van der Waals surface area (Å²) in [6.07, 6.45) is -0.181. The third kappa shape index (κ3) is 2.98. The molecule has 8 heteroatoms. The van der Waals surface area contributed by atoms with E-state index < -0.39 is 5.91 Å². The lowest BCUT2D eigenvalue weighted by molar-refractivity contribution is -0.118. The molecule has 0 aliphatic heterocycles. The highest BCUT2D eigenvalue weighted by Gasteiger charge is 2.15. The van der Waals surface area contributed by atoms with Gasteiger partial charge in [0.15, 0.2) is 0 Å². The lowest BCUT2D eigenvalue weighted by atomic mass is 10.1. The monoisotopic (exact) mass is 300 g/mol. The van der Waals surface area contributed by atoms with Gasteiger partial charge < -0.3 is 5.21 Å². The number of halogens is 4. The second-order valence-corrected chi connectivity index (χ2v) is 4.26. The van der Waals surface area contributed by atoms with Crippen molar-refractivity contribution in [1.82, 2.24) is 0 Å². The van der Waals surface area contributed by atoms with E-state index in [0.717, 1.165) is 0 Å². The molecule has 0 unspecified atom stereocenters. The summed E-state index contributed by atoms with van der Waals surface area (Å²) in [5, 5.41) is 13.8. The molecule has 0 fully saturated rings. The average molecular weight is 302 g/mol. The van der Waals surface area contributed by atoms with Crippen LogP contribution < -0.4 is 0 Å².